The van der Waals surface area contributed by atoms with Crippen molar-refractivity contribution in [3.05, 3.63) is 47.9 Å². The fourth-order valence-corrected chi connectivity index (χ4v) is 2.57. The number of nitrogens with two attached hydrogens (primary N) is 1. The lowest BCUT2D eigenvalue weighted by molar-refractivity contribution is -0.676. The number of nitrogens with zero attached hydrogens (tertiary/aromatic N) is 2. The molecule has 6 nitrogen and oxygen atoms in total. The van der Waals surface area contributed by atoms with Crippen LogP contribution in [0.15, 0.2) is 45.8 Å². The van der Waals surface area contributed by atoms with E-state index >= 15 is 0 Å². The average Bonchev–Trinajstić information content (AvgIpc) is 3.00. The van der Waals surface area contributed by atoms with Crippen LogP contribution in [0.2, 0.25) is 0 Å². The number of nitrogens with one attached hydrogen (secondary N) is 2. The first-order valence-corrected chi connectivity index (χ1v) is 6.41. The molecule has 0 saturated carbocycles. The molecule has 6 heteroatoms. The van der Waals surface area contributed by atoms with E-state index in [1.807, 2.05) is 47.9 Å². The van der Waals surface area contributed by atoms with Crippen molar-refractivity contribution in [3.63, 3.8) is 0 Å². The summed E-state index contributed by atoms with van der Waals surface area (Å²) in [6, 6.07) is 11.9. The Morgan fingerprint density at radius 3 is 2.90 bits per heavy atom. The molecule has 0 saturated heterocycles. The van der Waals surface area contributed by atoms with E-state index in [0.717, 1.165) is 28.5 Å². The summed E-state index contributed by atoms with van der Waals surface area (Å²) < 4.78 is 7.77. The Balaban J connectivity index is 1.98. The van der Waals surface area contributed by atoms with Crippen molar-refractivity contribution in [3.8, 4) is 0 Å². The second-order valence-corrected chi connectivity index (χ2v) is 4.82. The van der Waals surface area contributed by atoms with Crippen LogP contribution in [0.5, 0.6) is 0 Å². The number of aromatic nitrogens is 2. The lowest BCUT2D eigenvalue weighted by Gasteiger charge is -2.15. The van der Waals surface area contributed by atoms with Gasteiger partial charge in [-0.25, -0.2) is 10.3 Å². The van der Waals surface area contributed by atoms with Crippen LogP contribution in [-0.2, 0) is 0 Å². The van der Waals surface area contributed by atoms with Crippen molar-refractivity contribution in [2.75, 3.05) is 5.32 Å². The number of hydrogen-bond donors (Lipinski definition) is 3. The van der Waals surface area contributed by atoms with Gasteiger partial charge in [-0.1, -0.05) is 12.1 Å². The number of H-pyrrole nitrogens is 1. The van der Waals surface area contributed by atoms with Gasteiger partial charge in [0.2, 0.25) is 6.17 Å². The SMILES string of the molecule is Cc1ccc([C@@H]2N=C(N)Nc3[nH]c4ccccc4[n+]32)o1. The number of aryl methyl sites for hydroxylation is 1. The predicted molar refractivity (Wildman–Crippen MR) is 75.3 cm³/mol. The van der Waals surface area contributed by atoms with E-state index in [-0.39, 0.29) is 6.17 Å². The molecule has 1 aliphatic rings. The molecule has 3 aromatic rings. The molecule has 3 heterocycles. The molecule has 0 spiro atoms. The standard InChI is InChI=1S/C14H13N5O/c1-8-6-7-11(20-8)12-17-13(15)18-14-16-9-4-2-3-5-10(9)19(12)14/h2-7,12H,1H3,(H3,15,16,17,18)/p+1/t12-/m1/s1. The number of furan rings is 1. The Kier molecular flexibility index (Phi) is 2.14. The van der Waals surface area contributed by atoms with Crippen molar-refractivity contribution in [2.24, 2.45) is 10.7 Å². The number of hydrogen-bond acceptors (Lipinski definition) is 4. The van der Waals surface area contributed by atoms with E-state index in [9.17, 15) is 0 Å². The van der Waals surface area contributed by atoms with Crippen LogP contribution in [0.1, 0.15) is 17.7 Å². The van der Waals surface area contributed by atoms with E-state index in [0.29, 0.717) is 5.96 Å². The summed E-state index contributed by atoms with van der Waals surface area (Å²) in [5, 5.41) is 3.05. The van der Waals surface area contributed by atoms with E-state index in [1.165, 1.54) is 0 Å². The zero-order chi connectivity index (χ0) is 13.7. The molecule has 100 valence electrons. The first-order chi connectivity index (χ1) is 9.72. The number of para-hydroxylation sites is 2. The van der Waals surface area contributed by atoms with Crippen molar-refractivity contribution in [1.29, 1.82) is 0 Å². The average molecular weight is 268 g/mol. The molecular weight excluding hydrogens is 254 g/mol. The molecule has 1 aliphatic heterocycles. The van der Waals surface area contributed by atoms with Gasteiger partial charge in [-0.05, 0) is 31.2 Å². The van der Waals surface area contributed by atoms with Crippen LogP contribution < -0.4 is 15.6 Å². The van der Waals surface area contributed by atoms with Crippen LogP contribution in [0.25, 0.3) is 11.0 Å². The van der Waals surface area contributed by atoms with Gasteiger partial charge < -0.3 is 10.2 Å². The van der Waals surface area contributed by atoms with Crippen LogP contribution in [0.3, 0.4) is 0 Å². The predicted octanol–water partition coefficient (Wildman–Crippen LogP) is 1.64. The second-order valence-electron chi connectivity index (χ2n) is 4.82. The second kappa shape index (κ2) is 3.86. The Labute approximate surface area is 114 Å². The van der Waals surface area contributed by atoms with Crippen molar-refractivity contribution in [1.82, 2.24) is 4.98 Å². The quantitative estimate of drug-likeness (QED) is 0.587. The van der Waals surface area contributed by atoms with Gasteiger partial charge in [-0.2, -0.15) is 9.56 Å². The number of aromatic amines is 1. The molecule has 0 fully saturated rings. The fraction of sp³-hybridized carbons (Fsp3) is 0.143. The first-order valence-electron chi connectivity index (χ1n) is 6.41. The molecule has 1 atom stereocenters. The van der Waals surface area contributed by atoms with Gasteiger partial charge >= 0.3 is 5.95 Å². The molecule has 0 bridgehead atoms. The Bertz CT molecular complexity index is 829. The highest BCUT2D eigenvalue weighted by Crippen LogP contribution is 2.24. The number of rotatable bonds is 1. The molecule has 0 unspecified atom stereocenters. The Hall–Kier alpha value is -2.76. The van der Waals surface area contributed by atoms with Crippen LogP contribution in [0.4, 0.5) is 5.95 Å². The fourth-order valence-electron chi connectivity index (χ4n) is 2.57. The lowest BCUT2D eigenvalue weighted by Crippen LogP contribution is -2.47. The molecule has 0 amide bonds. The van der Waals surface area contributed by atoms with Crippen LogP contribution in [-0.4, -0.2) is 10.9 Å². The zero-order valence-electron chi connectivity index (χ0n) is 10.9. The molecule has 4 N–H and O–H groups in total. The van der Waals surface area contributed by atoms with Gasteiger partial charge in [-0.3, -0.25) is 0 Å². The van der Waals surface area contributed by atoms with Crippen molar-refractivity contribution in [2.45, 2.75) is 13.1 Å². The summed E-state index contributed by atoms with van der Waals surface area (Å²) in [6.45, 7) is 1.92. The van der Waals surface area contributed by atoms with Crippen LogP contribution >= 0.6 is 0 Å². The van der Waals surface area contributed by atoms with Crippen molar-refractivity contribution >= 4 is 22.9 Å². The minimum Gasteiger partial charge on any atom is -0.460 e. The summed E-state index contributed by atoms with van der Waals surface area (Å²) in [5.74, 6) is 2.80. The maximum atomic E-state index is 5.87. The first kappa shape index (κ1) is 11.1. The van der Waals surface area contributed by atoms with E-state index < -0.39 is 0 Å². The molecule has 4 rings (SSSR count). The summed E-state index contributed by atoms with van der Waals surface area (Å²) in [4.78, 5) is 7.76. The highest BCUT2D eigenvalue weighted by molar-refractivity contribution is 5.92. The molecule has 0 aliphatic carbocycles. The number of imidazole rings is 1. The summed E-state index contributed by atoms with van der Waals surface area (Å²) in [7, 11) is 0. The third kappa shape index (κ3) is 1.51. The Morgan fingerprint density at radius 1 is 1.25 bits per heavy atom. The van der Waals surface area contributed by atoms with Gasteiger partial charge in [0, 0.05) is 0 Å². The summed E-state index contributed by atoms with van der Waals surface area (Å²) in [5.41, 5.74) is 7.94. The van der Waals surface area contributed by atoms with Gasteiger partial charge in [0.15, 0.2) is 5.76 Å². The lowest BCUT2D eigenvalue weighted by atomic mass is 10.3. The Morgan fingerprint density at radius 2 is 2.10 bits per heavy atom. The molecule has 2 aromatic heterocycles. The topological polar surface area (TPSA) is 83.2 Å². The molecule has 0 radical (unpaired) electrons. The highest BCUT2D eigenvalue weighted by Gasteiger charge is 2.32. The monoisotopic (exact) mass is 268 g/mol. The number of benzene rings is 1. The van der Waals surface area contributed by atoms with Gasteiger partial charge in [0.1, 0.15) is 16.8 Å². The van der Waals surface area contributed by atoms with E-state index in [1.54, 1.807) is 0 Å². The molecule has 1 aromatic carbocycles. The highest BCUT2D eigenvalue weighted by atomic mass is 16.3. The largest absolute Gasteiger partial charge is 0.460 e. The normalized spacial score (nSPS) is 17.6. The smallest absolute Gasteiger partial charge is 0.365 e. The van der Waals surface area contributed by atoms with Crippen LogP contribution in [0, 0.1) is 6.92 Å². The van der Waals surface area contributed by atoms with Crippen molar-refractivity contribution < 1.29 is 8.98 Å². The maximum absolute atomic E-state index is 5.87. The minimum atomic E-state index is -0.295. The summed E-state index contributed by atoms with van der Waals surface area (Å²) in [6.07, 6.45) is -0.295. The summed E-state index contributed by atoms with van der Waals surface area (Å²) >= 11 is 0. The number of fused-ring (bicyclic) bond motifs is 3. The van der Waals surface area contributed by atoms with E-state index in [4.69, 9.17) is 10.2 Å². The molecular formula is C14H14N5O+. The number of anilines is 1. The number of aliphatic imine (C=N–C) groups is 1. The maximum Gasteiger partial charge on any atom is 0.365 e. The third-order valence-electron chi connectivity index (χ3n) is 3.43. The van der Waals surface area contributed by atoms with Gasteiger partial charge in [-0.15, -0.1) is 0 Å². The number of guanidine groups is 1. The van der Waals surface area contributed by atoms with Gasteiger partial charge in [0.25, 0.3) is 5.96 Å². The van der Waals surface area contributed by atoms with Gasteiger partial charge in [0.05, 0.1) is 0 Å². The van der Waals surface area contributed by atoms with E-state index in [2.05, 4.69) is 15.3 Å². The molecule has 20 heavy (non-hydrogen) atoms. The zero-order valence-corrected chi connectivity index (χ0v) is 10.9. The third-order valence-corrected chi connectivity index (χ3v) is 3.43. The minimum absolute atomic E-state index is 0.295.